The molecule has 0 bridgehead atoms. The summed E-state index contributed by atoms with van der Waals surface area (Å²) >= 11 is 0. The van der Waals surface area contributed by atoms with Crippen LogP contribution in [0.5, 0.6) is 0 Å². The van der Waals surface area contributed by atoms with Crippen LogP contribution in [0.4, 0.5) is 5.69 Å². The highest BCUT2D eigenvalue weighted by atomic mass is 32.2. The molecule has 5 rings (SSSR count). The molecule has 1 amide bonds. The second kappa shape index (κ2) is 8.71. The Labute approximate surface area is 196 Å². The fraction of sp³-hybridized carbons (Fsp3) is 0.250. The van der Waals surface area contributed by atoms with Crippen molar-refractivity contribution in [2.45, 2.75) is 17.9 Å². The number of amides is 1. The normalized spacial score (nSPS) is 16.6. The number of benzene rings is 3. The standard InChI is InChI=1S/C24H25N5O4S/c1-16(23(30)25-20-8-4-6-17-5-2-3-7-19(17)20)28-11-13-29(14-12-28)34(32,33)18-9-10-21-22(15-18)27-24(31)26-21/h2-10,15-16H,11-14H2,1H3,(H,25,30)(H2,26,27,31). The predicted octanol–water partition coefficient (Wildman–Crippen LogP) is 2.34. The Bertz CT molecular complexity index is 1530. The number of carbonyl (C=O) groups is 1. The molecular formula is C24H25N5O4S. The van der Waals surface area contributed by atoms with Gasteiger partial charge in [0.05, 0.1) is 22.0 Å². The number of anilines is 1. The van der Waals surface area contributed by atoms with Crippen molar-refractivity contribution in [3.8, 4) is 0 Å². The minimum atomic E-state index is -3.72. The van der Waals surface area contributed by atoms with Crippen LogP contribution in [-0.4, -0.2) is 65.7 Å². The first-order chi connectivity index (χ1) is 16.3. The Kier molecular flexibility index (Phi) is 5.72. The summed E-state index contributed by atoms with van der Waals surface area (Å²) in [6.45, 7) is 3.26. The van der Waals surface area contributed by atoms with Gasteiger partial charge in [0, 0.05) is 37.3 Å². The summed E-state index contributed by atoms with van der Waals surface area (Å²) in [5, 5.41) is 5.05. The molecule has 4 aromatic rings. The molecule has 1 aromatic heterocycles. The van der Waals surface area contributed by atoms with Crippen LogP contribution in [0, 0.1) is 0 Å². The molecule has 2 heterocycles. The van der Waals surface area contributed by atoms with Gasteiger partial charge in [-0.25, -0.2) is 13.2 Å². The SMILES string of the molecule is CC(C(=O)Nc1cccc2ccccc12)N1CCN(S(=O)(=O)c2ccc3[nH]c(=O)[nH]c3c2)CC1. The van der Waals surface area contributed by atoms with Gasteiger partial charge in [-0.15, -0.1) is 0 Å². The Hall–Kier alpha value is -3.47. The van der Waals surface area contributed by atoms with Crippen LogP contribution < -0.4 is 11.0 Å². The fourth-order valence-electron chi connectivity index (χ4n) is 4.39. The molecule has 34 heavy (non-hydrogen) atoms. The Morgan fingerprint density at radius 1 is 0.941 bits per heavy atom. The van der Waals surface area contributed by atoms with Gasteiger partial charge in [-0.3, -0.25) is 9.69 Å². The van der Waals surface area contributed by atoms with Gasteiger partial charge in [0.15, 0.2) is 0 Å². The molecule has 0 aliphatic carbocycles. The zero-order valence-electron chi connectivity index (χ0n) is 18.6. The summed E-state index contributed by atoms with van der Waals surface area (Å²) in [7, 11) is -3.72. The number of hydrogen-bond acceptors (Lipinski definition) is 5. The smallest absolute Gasteiger partial charge is 0.323 e. The van der Waals surface area contributed by atoms with E-state index in [4.69, 9.17) is 0 Å². The predicted molar refractivity (Wildman–Crippen MR) is 131 cm³/mol. The third-order valence-electron chi connectivity index (χ3n) is 6.37. The number of piperazine rings is 1. The molecule has 9 nitrogen and oxygen atoms in total. The summed E-state index contributed by atoms with van der Waals surface area (Å²) in [5.74, 6) is -0.130. The molecule has 3 aromatic carbocycles. The van der Waals surface area contributed by atoms with Gasteiger partial charge in [0.2, 0.25) is 15.9 Å². The third kappa shape index (κ3) is 4.11. The van der Waals surface area contributed by atoms with Crippen molar-refractivity contribution in [3.63, 3.8) is 0 Å². The maximum absolute atomic E-state index is 13.1. The lowest BCUT2D eigenvalue weighted by molar-refractivity contribution is -0.121. The highest BCUT2D eigenvalue weighted by Crippen LogP contribution is 2.24. The molecule has 1 aliphatic rings. The van der Waals surface area contributed by atoms with Gasteiger partial charge in [-0.2, -0.15) is 4.31 Å². The van der Waals surface area contributed by atoms with E-state index in [-0.39, 0.29) is 29.6 Å². The molecule has 1 atom stereocenters. The first-order valence-electron chi connectivity index (χ1n) is 11.1. The average molecular weight is 480 g/mol. The Morgan fingerprint density at radius 2 is 1.65 bits per heavy atom. The highest BCUT2D eigenvalue weighted by molar-refractivity contribution is 7.89. The van der Waals surface area contributed by atoms with E-state index in [0.29, 0.717) is 24.1 Å². The van der Waals surface area contributed by atoms with Crippen LogP contribution >= 0.6 is 0 Å². The number of imidazole rings is 1. The number of hydrogen-bond donors (Lipinski definition) is 3. The van der Waals surface area contributed by atoms with E-state index in [1.54, 1.807) is 6.07 Å². The lowest BCUT2D eigenvalue weighted by Gasteiger charge is -2.36. The maximum Gasteiger partial charge on any atom is 0.323 e. The van der Waals surface area contributed by atoms with E-state index in [0.717, 1.165) is 16.5 Å². The highest BCUT2D eigenvalue weighted by Gasteiger charge is 2.32. The molecule has 10 heteroatoms. The lowest BCUT2D eigenvalue weighted by Crippen LogP contribution is -2.53. The summed E-state index contributed by atoms with van der Waals surface area (Å²) in [6, 6.07) is 17.8. The quantitative estimate of drug-likeness (QED) is 0.406. The van der Waals surface area contributed by atoms with E-state index >= 15 is 0 Å². The van der Waals surface area contributed by atoms with E-state index in [1.165, 1.54) is 16.4 Å². The minimum Gasteiger partial charge on any atom is -0.324 e. The molecule has 0 radical (unpaired) electrons. The monoisotopic (exact) mass is 479 g/mol. The van der Waals surface area contributed by atoms with Gasteiger partial charge in [-0.1, -0.05) is 36.4 Å². The van der Waals surface area contributed by atoms with E-state index in [1.807, 2.05) is 54.3 Å². The van der Waals surface area contributed by atoms with Crippen LogP contribution in [0.3, 0.4) is 0 Å². The molecule has 1 fully saturated rings. The molecule has 176 valence electrons. The molecule has 1 aliphatic heterocycles. The van der Waals surface area contributed by atoms with Gasteiger partial charge < -0.3 is 15.3 Å². The number of aromatic amines is 2. The fourth-order valence-corrected chi connectivity index (χ4v) is 5.84. The van der Waals surface area contributed by atoms with E-state index in [2.05, 4.69) is 15.3 Å². The summed E-state index contributed by atoms with van der Waals surface area (Å²) in [5.41, 5.74) is 1.38. The average Bonchev–Trinajstić information content (AvgIpc) is 3.23. The first-order valence-corrected chi connectivity index (χ1v) is 12.5. The number of sulfonamides is 1. The molecule has 3 N–H and O–H groups in total. The molecule has 0 saturated carbocycles. The van der Waals surface area contributed by atoms with Gasteiger partial charge in [0.1, 0.15) is 0 Å². The van der Waals surface area contributed by atoms with Crippen LogP contribution in [0.25, 0.3) is 21.8 Å². The number of nitrogens with one attached hydrogen (secondary N) is 3. The number of nitrogens with zero attached hydrogens (tertiary/aromatic N) is 2. The second-order valence-electron chi connectivity index (χ2n) is 8.42. The molecule has 1 saturated heterocycles. The molecular weight excluding hydrogens is 454 g/mol. The minimum absolute atomic E-state index is 0.130. The van der Waals surface area contributed by atoms with E-state index < -0.39 is 16.1 Å². The van der Waals surface area contributed by atoms with E-state index in [9.17, 15) is 18.0 Å². The number of aromatic nitrogens is 2. The zero-order chi connectivity index (χ0) is 23.9. The number of carbonyl (C=O) groups excluding carboxylic acids is 1. The van der Waals surface area contributed by atoms with Crippen molar-refractivity contribution in [2.24, 2.45) is 0 Å². The van der Waals surface area contributed by atoms with Crippen molar-refractivity contribution in [1.82, 2.24) is 19.2 Å². The maximum atomic E-state index is 13.1. The van der Waals surface area contributed by atoms with Crippen molar-refractivity contribution < 1.29 is 13.2 Å². The summed E-state index contributed by atoms with van der Waals surface area (Å²) < 4.78 is 27.7. The molecule has 0 spiro atoms. The van der Waals surface area contributed by atoms with Gasteiger partial charge >= 0.3 is 5.69 Å². The Balaban J connectivity index is 1.25. The topological polar surface area (TPSA) is 118 Å². The van der Waals surface area contributed by atoms with Crippen molar-refractivity contribution >= 4 is 43.4 Å². The van der Waals surface area contributed by atoms with Crippen molar-refractivity contribution in [2.75, 3.05) is 31.5 Å². The largest absolute Gasteiger partial charge is 0.324 e. The lowest BCUT2D eigenvalue weighted by atomic mass is 10.1. The summed E-state index contributed by atoms with van der Waals surface area (Å²) in [4.78, 5) is 31.8. The number of H-pyrrole nitrogens is 2. The molecule has 1 unspecified atom stereocenters. The first kappa shape index (κ1) is 22.3. The third-order valence-corrected chi connectivity index (χ3v) is 8.27. The van der Waals surface area contributed by atoms with Gasteiger partial charge in [0.25, 0.3) is 0 Å². The Morgan fingerprint density at radius 3 is 2.44 bits per heavy atom. The number of rotatable bonds is 5. The van der Waals surface area contributed by atoms with Crippen LogP contribution in [0.2, 0.25) is 0 Å². The van der Waals surface area contributed by atoms with Gasteiger partial charge in [-0.05, 0) is 36.6 Å². The van der Waals surface area contributed by atoms with Crippen molar-refractivity contribution in [3.05, 3.63) is 71.1 Å². The van der Waals surface area contributed by atoms with Crippen LogP contribution in [0.1, 0.15) is 6.92 Å². The summed E-state index contributed by atoms with van der Waals surface area (Å²) in [6.07, 6.45) is 0. The second-order valence-corrected chi connectivity index (χ2v) is 10.4. The van der Waals surface area contributed by atoms with Crippen LogP contribution in [-0.2, 0) is 14.8 Å². The number of fused-ring (bicyclic) bond motifs is 2. The zero-order valence-corrected chi connectivity index (χ0v) is 19.4. The van der Waals surface area contributed by atoms with Crippen molar-refractivity contribution in [1.29, 1.82) is 0 Å². The van der Waals surface area contributed by atoms with Crippen LogP contribution in [0.15, 0.2) is 70.4 Å².